The molecule has 1 aromatic heterocycles. The first kappa shape index (κ1) is 26.5. The van der Waals surface area contributed by atoms with E-state index in [0.717, 1.165) is 33.6 Å². The number of hydrogen-bond acceptors (Lipinski definition) is 7. The molecular weight excluding hydrogens is 490 g/mol. The predicted octanol–water partition coefficient (Wildman–Crippen LogP) is 6.55. The molecule has 1 aliphatic heterocycles. The van der Waals surface area contributed by atoms with E-state index < -0.39 is 0 Å². The maximum absolute atomic E-state index is 6.46. The molecule has 7 heteroatoms. The van der Waals surface area contributed by atoms with Crippen molar-refractivity contribution in [1.82, 2.24) is 10.2 Å². The van der Waals surface area contributed by atoms with E-state index in [1.807, 2.05) is 65.7 Å². The molecule has 0 atom stereocenters. The number of ether oxygens (including phenoxy) is 2. The Hall–Kier alpha value is -4.07. The third kappa shape index (κ3) is 6.16. The fraction of sp³-hybridized carbons (Fsp3) is 0.281. The summed E-state index contributed by atoms with van der Waals surface area (Å²) in [6, 6.07) is 26.3. The first-order valence-electron chi connectivity index (χ1n) is 13.4. The average molecular weight is 526 g/mol. The van der Waals surface area contributed by atoms with E-state index in [0.29, 0.717) is 55.8 Å². The van der Waals surface area contributed by atoms with Crippen molar-refractivity contribution in [3.63, 3.8) is 0 Å². The Kier molecular flexibility index (Phi) is 8.30. The van der Waals surface area contributed by atoms with Crippen LogP contribution >= 0.6 is 0 Å². The molecule has 4 aromatic rings. The number of hydroxylamine groups is 2. The Morgan fingerprint density at radius 3 is 2.10 bits per heavy atom. The van der Waals surface area contributed by atoms with Gasteiger partial charge >= 0.3 is 0 Å². The minimum absolute atomic E-state index is 0.208. The second-order valence-electron chi connectivity index (χ2n) is 9.83. The maximum Gasteiger partial charge on any atom is 0.168 e. The lowest BCUT2D eigenvalue weighted by Crippen LogP contribution is -2.18. The first-order valence-corrected chi connectivity index (χ1v) is 13.4. The number of aromatic nitrogens is 1. The molecule has 2 N–H and O–H groups in total. The van der Waals surface area contributed by atoms with Crippen molar-refractivity contribution in [3.05, 3.63) is 113 Å². The molecule has 0 saturated heterocycles. The molecule has 0 radical (unpaired) electrons. The van der Waals surface area contributed by atoms with Crippen LogP contribution in [0.4, 0.5) is 0 Å². The maximum atomic E-state index is 6.46. The number of benzene rings is 3. The fourth-order valence-corrected chi connectivity index (χ4v) is 4.51. The quantitative estimate of drug-likeness (QED) is 0.238. The van der Waals surface area contributed by atoms with Crippen LogP contribution in [0.5, 0.6) is 11.5 Å². The highest BCUT2D eigenvalue weighted by Gasteiger charge is 2.31. The van der Waals surface area contributed by atoms with Crippen LogP contribution in [0, 0.1) is 0 Å². The number of likely N-dealkylation sites (N-methyl/N-ethyl adjacent to an activating group) is 1. The smallest absolute Gasteiger partial charge is 0.168 e. The Bertz CT molecular complexity index is 1410. The SMILES string of the molecule is CCN1CC(c2cc(CN)no2)=C(c2cc(C(C)C)c(OCc3ccccc3)cc2OCc2ccccc2)O1. The highest BCUT2D eigenvalue weighted by Crippen LogP contribution is 2.43. The Labute approximate surface area is 229 Å². The molecule has 202 valence electrons. The summed E-state index contributed by atoms with van der Waals surface area (Å²) >= 11 is 0. The van der Waals surface area contributed by atoms with Gasteiger partial charge in [0, 0.05) is 25.2 Å². The van der Waals surface area contributed by atoms with Gasteiger partial charge in [0.05, 0.1) is 23.4 Å². The Balaban J connectivity index is 1.59. The van der Waals surface area contributed by atoms with Gasteiger partial charge in [-0.15, -0.1) is 5.06 Å². The molecular formula is C32H35N3O4. The molecule has 2 heterocycles. The lowest BCUT2D eigenvalue weighted by molar-refractivity contribution is -0.0557. The summed E-state index contributed by atoms with van der Waals surface area (Å²) in [5.74, 6) is 3.01. The summed E-state index contributed by atoms with van der Waals surface area (Å²) in [7, 11) is 0. The molecule has 0 saturated carbocycles. The van der Waals surface area contributed by atoms with Crippen molar-refractivity contribution in [2.45, 2.75) is 46.4 Å². The standard InChI is InChI=1S/C32H35N3O4/c1-4-35-19-28(31-15-25(18-33)34-38-31)32(39-35)27-16-26(22(2)3)29(36-20-23-11-7-5-8-12-23)17-30(27)37-21-24-13-9-6-10-14-24/h5-17,22H,4,18-21,33H2,1-3H3. The minimum atomic E-state index is 0.208. The zero-order chi connectivity index (χ0) is 27.2. The molecule has 1 aliphatic rings. The highest BCUT2D eigenvalue weighted by molar-refractivity contribution is 5.90. The summed E-state index contributed by atoms with van der Waals surface area (Å²) < 4.78 is 18.5. The molecule has 5 rings (SSSR count). The van der Waals surface area contributed by atoms with E-state index >= 15 is 0 Å². The van der Waals surface area contributed by atoms with Crippen LogP contribution in [0.1, 0.15) is 60.4 Å². The topological polar surface area (TPSA) is 83.0 Å². The van der Waals surface area contributed by atoms with Gasteiger partial charge in [-0.1, -0.05) is 79.7 Å². The summed E-state index contributed by atoms with van der Waals surface area (Å²) in [6.07, 6.45) is 0. The van der Waals surface area contributed by atoms with Gasteiger partial charge in [0.1, 0.15) is 24.7 Å². The van der Waals surface area contributed by atoms with Gasteiger partial charge < -0.3 is 24.6 Å². The van der Waals surface area contributed by atoms with Crippen LogP contribution in [0.2, 0.25) is 0 Å². The second-order valence-corrected chi connectivity index (χ2v) is 9.83. The Morgan fingerprint density at radius 1 is 0.897 bits per heavy atom. The van der Waals surface area contributed by atoms with Crippen molar-refractivity contribution in [3.8, 4) is 11.5 Å². The molecule has 39 heavy (non-hydrogen) atoms. The van der Waals surface area contributed by atoms with Gasteiger partial charge in [-0.2, -0.15) is 0 Å². The minimum Gasteiger partial charge on any atom is -0.488 e. The van der Waals surface area contributed by atoms with Gasteiger partial charge in [0.15, 0.2) is 11.5 Å². The molecule has 7 nitrogen and oxygen atoms in total. The summed E-state index contributed by atoms with van der Waals surface area (Å²) in [5, 5.41) is 6.00. The average Bonchev–Trinajstić information content (AvgIpc) is 3.63. The zero-order valence-corrected chi connectivity index (χ0v) is 22.7. The van der Waals surface area contributed by atoms with Crippen LogP contribution < -0.4 is 15.2 Å². The largest absolute Gasteiger partial charge is 0.488 e. The van der Waals surface area contributed by atoms with Gasteiger partial charge in [-0.05, 0) is 35.6 Å². The van der Waals surface area contributed by atoms with Crippen molar-refractivity contribution in [2.24, 2.45) is 5.73 Å². The van der Waals surface area contributed by atoms with E-state index in [1.54, 1.807) is 0 Å². The van der Waals surface area contributed by atoms with Crippen LogP contribution in [0.25, 0.3) is 11.3 Å². The fourth-order valence-electron chi connectivity index (χ4n) is 4.51. The van der Waals surface area contributed by atoms with Crippen molar-refractivity contribution >= 4 is 11.3 Å². The first-order chi connectivity index (χ1) is 19.1. The molecule has 0 amide bonds. The van der Waals surface area contributed by atoms with E-state index in [-0.39, 0.29) is 5.92 Å². The summed E-state index contributed by atoms with van der Waals surface area (Å²) in [6.45, 7) is 8.82. The van der Waals surface area contributed by atoms with Crippen molar-refractivity contribution in [1.29, 1.82) is 0 Å². The number of hydrogen-bond donors (Lipinski definition) is 1. The third-order valence-electron chi connectivity index (χ3n) is 6.70. The Morgan fingerprint density at radius 2 is 1.54 bits per heavy atom. The summed E-state index contributed by atoms with van der Waals surface area (Å²) in [4.78, 5) is 6.38. The van der Waals surface area contributed by atoms with Gasteiger partial charge in [0.2, 0.25) is 0 Å². The van der Waals surface area contributed by atoms with Gasteiger partial charge in [-0.3, -0.25) is 0 Å². The highest BCUT2D eigenvalue weighted by atomic mass is 16.7. The normalized spacial score (nSPS) is 13.7. The predicted molar refractivity (Wildman–Crippen MR) is 152 cm³/mol. The van der Waals surface area contributed by atoms with E-state index in [9.17, 15) is 0 Å². The van der Waals surface area contributed by atoms with E-state index in [2.05, 4.69) is 44.1 Å². The van der Waals surface area contributed by atoms with E-state index in [1.165, 1.54) is 0 Å². The van der Waals surface area contributed by atoms with Crippen molar-refractivity contribution in [2.75, 3.05) is 13.1 Å². The number of nitrogens with two attached hydrogens (primary N) is 1. The monoisotopic (exact) mass is 525 g/mol. The number of rotatable bonds is 11. The molecule has 0 aliphatic carbocycles. The number of nitrogens with zero attached hydrogens (tertiary/aromatic N) is 2. The van der Waals surface area contributed by atoms with Crippen LogP contribution in [0.15, 0.2) is 83.4 Å². The molecule has 0 spiro atoms. The van der Waals surface area contributed by atoms with Crippen LogP contribution in [-0.2, 0) is 24.6 Å². The van der Waals surface area contributed by atoms with Crippen LogP contribution in [-0.4, -0.2) is 23.3 Å². The third-order valence-corrected chi connectivity index (χ3v) is 6.70. The van der Waals surface area contributed by atoms with Crippen molar-refractivity contribution < 1.29 is 18.8 Å². The van der Waals surface area contributed by atoms with Gasteiger partial charge in [0.25, 0.3) is 0 Å². The van der Waals surface area contributed by atoms with Gasteiger partial charge in [-0.25, -0.2) is 0 Å². The molecule has 0 bridgehead atoms. The summed E-state index contributed by atoms with van der Waals surface area (Å²) in [5.41, 5.74) is 11.5. The lowest BCUT2D eigenvalue weighted by Gasteiger charge is -2.21. The van der Waals surface area contributed by atoms with E-state index in [4.69, 9.17) is 24.6 Å². The molecule has 3 aromatic carbocycles. The zero-order valence-electron chi connectivity index (χ0n) is 22.7. The second kappa shape index (κ2) is 12.2. The molecule has 0 fully saturated rings. The molecule has 0 unspecified atom stereocenters. The van der Waals surface area contributed by atoms with Crippen LogP contribution in [0.3, 0.4) is 0 Å². The lowest BCUT2D eigenvalue weighted by atomic mass is 9.96.